The van der Waals surface area contributed by atoms with Crippen molar-refractivity contribution in [2.24, 2.45) is 0 Å². The Bertz CT molecular complexity index is 464. The molecule has 1 aromatic rings. The lowest BCUT2D eigenvalue weighted by atomic mass is 10.1. The number of hydrogen-bond acceptors (Lipinski definition) is 3. The number of aryl methyl sites for hydroxylation is 1. The molecule has 1 unspecified atom stereocenters. The first kappa shape index (κ1) is 14.1. The van der Waals surface area contributed by atoms with Crippen LogP contribution in [0, 0.1) is 13.8 Å². The molecule has 1 aliphatic rings. The summed E-state index contributed by atoms with van der Waals surface area (Å²) < 4.78 is 1.69. The molecule has 0 aliphatic heterocycles. The Hall–Kier alpha value is -1.36. The van der Waals surface area contributed by atoms with Gasteiger partial charge in [-0.15, -0.1) is 0 Å². The van der Waals surface area contributed by atoms with Crippen molar-refractivity contribution in [1.82, 2.24) is 15.1 Å². The molecule has 0 amide bonds. The molecule has 0 bridgehead atoms. The van der Waals surface area contributed by atoms with E-state index in [4.69, 9.17) is 0 Å². The van der Waals surface area contributed by atoms with Gasteiger partial charge in [-0.1, -0.05) is 13.3 Å². The quantitative estimate of drug-likeness (QED) is 0.793. The summed E-state index contributed by atoms with van der Waals surface area (Å²) in [7, 11) is 0. The van der Waals surface area contributed by atoms with Crippen LogP contribution in [0.2, 0.25) is 0 Å². The minimum Gasteiger partial charge on any atom is -0.480 e. The van der Waals surface area contributed by atoms with Crippen molar-refractivity contribution in [2.45, 2.75) is 65.1 Å². The maximum Gasteiger partial charge on any atom is 0.328 e. The molecule has 1 aromatic heterocycles. The van der Waals surface area contributed by atoms with Crippen molar-refractivity contribution in [3.63, 3.8) is 0 Å². The Morgan fingerprint density at radius 2 is 2.21 bits per heavy atom. The first-order valence-electron chi connectivity index (χ1n) is 7.05. The number of nitrogens with one attached hydrogen (secondary N) is 1. The van der Waals surface area contributed by atoms with Crippen molar-refractivity contribution in [3.05, 3.63) is 17.0 Å². The zero-order chi connectivity index (χ0) is 14.0. The molecule has 106 valence electrons. The molecule has 1 atom stereocenters. The molecule has 1 saturated carbocycles. The van der Waals surface area contributed by atoms with Crippen molar-refractivity contribution in [2.75, 3.05) is 0 Å². The monoisotopic (exact) mass is 265 g/mol. The van der Waals surface area contributed by atoms with E-state index in [1.165, 1.54) is 12.8 Å². The minimum atomic E-state index is -0.797. The molecule has 19 heavy (non-hydrogen) atoms. The van der Waals surface area contributed by atoms with E-state index >= 15 is 0 Å². The van der Waals surface area contributed by atoms with Crippen LogP contribution in [-0.4, -0.2) is 26.9 Å². The highest BCUT2D eigenvalue weighted by Crippen LogP contribution is 2.23. The average molecular weight is 265 g/mol. The summed E-state index contributed by atoms with van der Waals surface area (Å²) in [5, 5.41) is 17.2. The average Bonchev–Trinajstić information content (AvgIpc) is 3.13. The molecule has 5 nitrogen and oxygen atoms in total. The lowest BCUT2D eigenvalue weighted by Gasteiger charge is -2.14. The fraction of sp³-hybridized carbons (Fsp3) is 0.714. The fourth-order valence-corrected chi connectivity index (χ4v) is 2.41. The second kappa shape index (κ2) is 5.74. The maximum absolute atomic E-state index is 11.4. The van der Waals surface area contributed by atoms with Crippen molar-refractivity contribution >= 4 is 5.97 Å². The third-order valence-corrected chi connectivity index (χ3v) is 3.76. The lowest BCUT2D eigenvalue weighted by Crippen LogP contribution is -2.22. The van der Waals surface area contributed by atoms with Crippen molar-refractivity contribution < 1.29 is 9.90 Å². The van der Waals surface area contributed by atoms with Gasteiger partial charge in [-0.2, -0.15) is 5.10 Å². The van der Waals surface area contributed by atoms with Crippen molar-refractivity contribution in [1.29, 1.82) is 0 Å². The zero-order valence-corrected chi connectivity index (χ0v) is 11.9. The summed E-state index contributed by atoms with van der Waals surface area (Å²) in [6.07, 6.45) is 3.96. The summed E-state index contributed by atoms with van der Waals surface area (Å²) in [6, 6.07) is 0.103. The van der Waals surface area contributed by atoms with Gasteiger partial charge < -0.3 is 10.4 Å². The van der Waals surface area contributed by atoms with Crippen LogP contribution in [0.4, 0.5) is 0 Å². The zero-order valence-electron chi connectivity index (χ0n) is 11.9. The highest BCUT2D eigenvalue weighted by Gasteiger charge is 2.25. The van der Waals surface area contributed by atoms with E-state index in [0.717, 1.165) is 29.9 Å². The molecule has 0 spiro atoms. The van der Waals surface area contributed by atoms with Crippen LogP contribution >= 0.6 is 0 Å². The highest BCUT2D eigenvalue weighted by atomic mass is 16.4. The topological polar surface area (TPSA) is 67.1 Å². The number of carboxylic acid groups (broad SMARTS) is 1. The molecule has 5 heteroatoms. The first-order valence-corrected chi connectivity index (χ1v) is 7.05. The Morgan fingerprint density at radius 1 is 1.53 bits per heavy atom. The smallest absolute Gasteiger partial charge is 0.328 e. The van der Waals surface area contributed by atoms with Gasteiger partial charge in [-0.05, 0) is 33.1 Å². The van der Waals surface area contributed by atoms with Crippen LogP contribution in [0.1, 0.15) is 55.6 Å². The second-order valence-electron chi connectivity index (χ2n) is 5.39. The van der Waals surface area contributed by atoms with Crippen LogP contribution in [0.25, 0.3) is 0 Å². The molecule has 0 radical (unpaired) electrons. The van der Waals surface area contributed by atoms with Crippen LogP contribution in [0.3, 0.4) is 0 Å². The molecule has 2 rings (SSSR count). The number of carboxylic acids is 1. The molecule has 1 aliphatic carbocycles. The molecular weight excluding hydrogens is 242 g/mol. The van der Waals surface area contributed by atoms with Gasteiger partial charge in [0, 0.05) is 23.8 Å². The van der Waals surface area contributed by atoms with Gasteiger partial charge in [-0.3, -0.25) is 4.68 Å². The molecule has 1 heterocycles. The number of aliphatic carboxylic acids is 1. The highest BCUT2D eigenvalue weighted by molar-refractivity contribution is 5.71. The van der Waals surface area contributed by atoms with E-state index in [2.05, 4.69) is 10.4 Å². The molecule has 0 aromatic carbocycles. The number of nitrogens with zero attached hydrogens (tertiary/aromatic N) is 2. The summed E-state index contributed by atoms with van der Waals surface area (Å²) >= 11 is 0. The van der Waals surface area contributed by atoms with Crippen LogP contribution < -0.4 is 5.32 Å². The van der Waals surface area contributed by atoms with Crippen molar-refractivity contribution in [3.8, 4) is 0 Å². The largest absolute Gasteiger partial charge is 0.480 e. The van der Waals surface area contributed by atoms with E-state index in [1.807, 2.05) is 20.8 Å². The Morgan fingerprint density at radius 3 is 2.74 bits per heavy atom. The molecular formula is C14H23N3O2. The van der Waals surface area contributed by atoms with E-state index in [1.54, 1.807) is 4.68 Å². The van der Waals surface area contributed by atoms with E-state index in [9.17, 15) is 9.90 Å². The SMILES string of the molecule is CCCC(C(=O)O)n1nc(C)c(CNC2CC2)c1C. The van der Waals surface area contributed by atoms with Crippen LogP contribution in [-0.2, 0) is 11.3 Å². The Balaban J connectivity index is 2.19. The first-order chi connectivity index (χ1) is 9.04. The summed E-state index contributed by atoms with van der Waals surface area (Å²) in [4.78, 5) is 11.4. The molecule has 1 fully saturated rings. The summed E-state index contributed by atoms with van der Waals surface area (Å²) in [6.45, 7) is 6.71. The fourth-order valence-electron chi connectivity index (χ4n) is 2.41. The number of hydrogen-bond donors (Lipinski definition) is 2. The number of aromatic nitrogens is 2. The normalized spacial score (nSPS) is 16.6. The summed E-state index contributed by atoms with van der Waals surface area (Å²) in [5.41, 5.74) is 3.06. The van der Waals surface area contributed by atoms with Gasteiger partial charge in [0.25, 0.3) is 0 Å². The van der Waals surface area contributed by atoms with Crippen LogP contribution in [0.15, 0.2) is 0 Å². The van der Waals surface area contributed by atoms with Gasteiger partial charge in [0.2, 0.25) is 0 Å². The minimum absolute atomic E-state index is 0.543. The van der Waals surface area contributed by atoms with E-state index in [0.29, 0.717) is 12.5 Å². The third-order valence-electron chi connectivity index (χ3n) is 3.76. The lowest BCUT2D eigenvalue weighted by molar-refractivity contribution is -0.141. The summed E-state index contributed by atoms with van der Waals surface area (Å²) in [5.74, 6) is -0.797. The number of carbonyl (C=O) groups is 1. The van der Waals surface area contributed by atoms with E-state index in [-0.39, 0.29) is 0 Å². The molecule has 2 N–H and O–H groups in total. The van der Waals surface area contributed by atoms with Gasteiger partial charge >= 0.3 is 5.97 Å². The second-order valence-corrected chi connectivity index (χ2v) is 5.39. The number of rotatable bonds is 7. The maximum atomic E-state index is 11.4. The van der Waals surface area contributed by atoms with Gasteiger partial charge in [-0.25, -0.2) is 4.79 Å². The predicted molar refractivity (Wildman–Crippen MR) is 73.1 cm³/mol. The van der Waals surface area contributed by atoms with Gasteiger partial charge in [0.1, 0.15) is 6.04 Å². The standard InChI is InChI=1S/C14H23N3O2/c1-4-5-13(14(18)19)17-10(3)12(9(2)16-17)8-15-11-6-7-11/h11,13,15H,4-8H2,1-3H3,(H,18,19). The Labute approximate surface area is 114 Å². The Kier molecular flexibility index (Phi) is 4.24. The molecule has 0 saturated heterocycles. The van der Waals surface area contributed by atoms with Crippen LogP contribution in [0.5, 0.6) is 0 Å². The van der Waals surface area contributed by atoms with Gasteiger partial charge in [0.15, 0.2) is 0 Å². The third kappa shape index (κ3) is 3.15. The van der Waals surface area contributed by atoms with E-state index < -0.39 is 12.0 Å². The van der Waals surface area contributed by atoms with Gasteiger partial charge in [0.05, 0.1) is 5.69 Å². The predicted octanol–water partition coefficient (Wildman–Crippen LogP) is 2.18.